The molecule has 0 bridgehead atoms. The molecule has 4 heteroatoms. The van der Waals surface area contributed by atoms with Crippen molar-refractivity contribution in [2.45, 2.75) is 13.3 Å². The average Bonchev–Trinajstić information content (AvgIpc) is 3.10. The third-order valence-corrected chi connectivity index (χ3v) is 4.01. The zero-order valence-electron chi connectivity index (χ0n) is 12.3. The Hall–Kier alpha value is -2.62. The molecular weight excluding hydrogens is 277 g/mol. The summed E-state index contributed by atoms with van der Waals surface area (Å²) in [6, 6.07) is 14.8. The lowest BCUT2D eigenvalue weighted by Gasteiger charge is -2.07. The van der Waals surface area contributed by atoms with Crippen LogP contribution in [0.2, 0.25) is 0 Å². The van der Waals surface area contributed by atoms with Gasteiger partial charge < -0.3 is 5.32 Å². The Balaban J connectivity index is 1.88. The van der Waals surface area contributed by atoms with Crippen molar-refractivity contribution in [3.8, 4) is 16.9 Å². The Morgan fingerprint density at radius 2 is 1.95 bits per heavy atom. The smallest absolute Gasteiger partial charge is 0.133 e. The average molecular weight is 293 g/mol. The van der Waals surface area contributed by atoms with Crippen molar-refractivity contribution in [1.29, 1.82) is 0 Å². The number of fused-ring (bicyclic) bond motifs is 1. The van der Waals surface area contributed by atoms with E-state index in [4.69, 9.17) is 5.10 Å². The first-order chi connectivity index (χ1) is 10.7. The second kappa shape index (κ2) is 4.98. The number of rotatable bonds is 2. The maximum Gasteiger partial charge on any atom is 0.133 e. The van der Waals surface area contributed by atoms with Crippen LogP contribution in [0.15, 0.2) is 48.5 Å². The van der Waals surface area contributed by atoms with Crippen LogP contribution >= 0.6 is 0 Å². The molecule has 1 aliphatic heterocycles. The minimum absolute atomic E-state index is 0.225. The van der Waals surface area contributed by atoms with Crippen molar-refractivity contribution in [1.82, 2.24) is 9.78 Å². The fourth-order valence-corrected chi connectivity index (χ4v) is 2.96. The zero-order chi connectivity index (χ0) is 15.1. The van der Waals surface area contributed by atoms with Crippen molar-refractivity contribution in [3.05, 3.63) is 65.5 Å². The minimum atomic E-state index is -0.225. The quantitative estimate of drug-likeness (QED) is 0.775. The van der Waals surface area contributed by atoms with E-state index in [0.717, 1.165) is 35.7 Å². The van der Waals surface area contributed by atoms with Gasteiger partial charge in [0.1, 0.15) is 11.6 Å². The van der Waals surface area contributed by atoms with Crippen LogP contribution in [0.3, 0.4) is 0 Å². The first-order valence-electron chi connectivity index (χ1n) is 7.41. The van der Waals surface area contributed by atoms with Gasteiger partial charge in [-0.05, 0) is 55.3 Å². The first kappa shape index (κ1) is 13.1. The molecule has 0 radical (unpaired) electrons. The van der Waals surface area contributed by atoms with Gasteiger partial charge in [-0.2, -0.15) is 5.10 Å². The number of nitrogens with zero attached hydrogens (tertiary/aromatic N) is 2. The van der Waals surface area contributed by atoms with Gasteiger partial charge in [0.15, 0.2) is 0 Å². The maximum atomic E-state index is 13.2. The van der Waals surface area contributed by atoms with E-state index in [1.54, 1.807) is 12.1 Å². The van der Waals surface area contributed by atoms with E-state index in [2.05, 4.69) is 30.4 Å². The maximum absolute atomic E-state index is 13.2. The van der Waals surface area contributed by atoms with Crippen molar-refractivity contribution < 1.29 is 4.39 Å². The molecule has 1 N–H and O–H groups in total. The predicted octanol–water partition coefficient (Wildman–Crippen LogP) is 3.95. The van der Waals surface area contributed by atoms with Crippen LogP contribution in [-0.2, 0) is 6.42 Å². The topological polar surface area (TPSA) is 29.9 Å². The summed E-state index contributed by atoms with van der Waals surface area (Å²) in [5, 5.41) is 8.19. The highest BCUT2D eigenvalue weighted by atomic mass is 19.1. The molecule has 0 saturated carbocycles. The van der Waals surface area contributed by atoms with Gasteiger partial charge in [0, 0.05) is 17.7 Å². The second-order valence-electron chi connectivity index (χ2n) is 5.61. The van der Waals surface area contributed by atoms with E-state index in [-0.39, 0.29) is 5.82 Å². The zero-order valence-corrected chi connectivity index (χ0v) is 12.3. The van der Waals surface area contributed by atoms with Crippen LogP contribution in [-0.4, -0.2) is 16.3 Å². The summed E-state index contributed by atoms with van der Waals surface area (Å²) in [6.07, 6.45) is 0.938. The highest BCUT2D eigenvalue weighted by Gasteiger charge is 2.23. The lowest BCUT2D eigenvalue weighted by Crippen LogP contribution is -2.04. The van der Waals surface area contributed by atoms with Crippen molar-refractivity contribution in [2.24, 2.45) is 0 Å². The summed E-state index contributed by atoms with van der Waals surface area (Å²) in [5.74, 6) is 0.821. The largest absolute Gasteiger partial charge is 0.369 e. The number of benzene rings is 2. The molecular formula is C18H16FN3. The SMILES string of the molecule is Cc1cccc(-n2nc(-c3ccc(F)cc3)c3c2NCC3)c1. The minimum Gasteiger partial charge on any atom is -0.369 e. The highest BCUT2D eigenvalue weighted by molar-refractivity contribution is 5.72. The summed E-state index contributed by atoms with van der Waals surface area (Å²) in [6.45, 7) is 2.98. The molecule has 2 aromatic carbocycles. The molecule has 110 valence electrons. The van der Waals surface area contributed by atoms with Crippen molar-refractivity contribution in [3.63, 3.8) is 0 Å². The number of halogens is 1. The van der Waals surface area contributed by atoms with E-state index in [9.17, 15) is 4.39 Å². The van der Waals surface area contributed by atoms with E-state index >= 15 is 0 Å². The molecule has 0 amide bonds. The summed E-state index contributed by atoms with van der Waals surface area (Å²) in [5.41, 5.74) is 5.32. The van der Waals surface area contributed by atoms with Crippen molar-refractivity contribution >= 4 is 5.82 Å². The van der Waals surface area contributed by atoms with Gasteiger partial charge in [0.2, 0.25) is 0 Å². The molecule has 0 saturated heterocycles. The normalized spacial score (nSPS) is 13.0. The van der Waals surface area contributed by atoms with E-state index in [1.807, 2.05) is 10.7 Å². The van der Waals surface area contributed by atoms with E-state index in [1.165, 1.54) is 23.3 Å². The second-order valence-corrected chi connectivity index (χ2v) is 5.61. The monoisotopic (exact) mass is 293 g/mol. The molecule has 0 atom stereocenters. The molecule has 0 spiro atoms. The van der Waals surface area contributed by atoms with E-state index < -0.39 is 0 Å². The lowest BCUT2D eigenvalue weighted by molar-refractivity contribution is 0.628. The highest BCUT2D eigenvalue weighted by Crippen LogP contribution is 2.34. The van der Waals surface area contributed by atoms with Gasteiger partial charge in [-0.25, -0.2) is 9.07 Å². The standard InChI is InChI=1S/C18H16FN3/c1-12-3-2-4-15(11-12)22-18-16(9-10-20-18)17(21-22)13-5-7-14(19)8-6-13/h2-8,11,20H,9-10H2,1H3. The summed E-state index contributed by atoms with van der Waals surface area (Å²) >= 11 is 0. The molecule has 1 aromatic heterocycles. The van der Waals surface area contributed by atoms with Gasteiger partial charge in [-0.1, -0.05) is 12.1 Å². The number of anilines is 1. The Morgan fingerprint density at radius 3 is 2.73 bits per heavy atom. The van der Waals surface area contributed by atoms with Gasteiger partial charge >= 0.3 is 0 Å². The lowest BCUT2D eigenvalue weighted by atomic mass is 10.1. The van der Waals surface area contributed by atoms with Gasteiger partial charge in [-0.3, -0.25) is 0 Å². The fourth-order valence-electron chi connectivity index (χ4n) is 2.96. The molecule has 22 heavy (non-hydrogen) atoms. The number of hydrogen-bond acceptors (Lipinski definition) is 2. The summed E-state index contributed by atoms with van der Waals surface area (Å²) in [7, 11) is 0. The number of hydrogen-bond donors (Lipinski definition) is 1. The number of aryl methyl sites for hydroxylation is 1. The Kier molecular flexibility index (Phi) is 2.96. The summed E-state index contributed by atoms with van der Waals surface area (Å²) < 4.78 is 15.1. The summed E-state index contributed by atoms with van der Waals surface area (Å²) in [4.78, 5) is 0. The van der Waals surface area contributed by atoms with Crippen molar-refractivity contribution in [2.75, 3.05) is 11.9 Å². The van der Waals surface area contributed by atoms with Crippen LogP contribution in [0.1, 0.15) is 11.1 Å². The molecule has 1 aliphatic rings. The van der Waals surface area contributed by atoms with Gasteiger partial charge in [0.05, 0.1) is 11.4 Å². The van der Waals surface area contributed by atoms with Crippen LogP contribution < -0.4 is 5.32 Å². The molecule has 0 aliphatic carbocycles. The van der Waals surface area contributed by atoms with Crippen LogP contribution in [0.5, 0.6) is 0 Å². The van der Waals surface area contributed by atoms with Gasteiger partial charge in [0.25, 0.3) is 0 Å². The molecule has 2 heterocycles. The predicted molar refractivity (Wildman–Crippen MR) is 85.9 cm³/mol. The molecule has 0 unspecified atom stereocenters. The van der Waals surface area contributed by atoms with Crippen LogP contribution in [0.4, 0.5) is 10.2 Å². The molecule has 4 rings (SSSR count). The molecule has 0 fully saturated rings. The van der Waals surface area contributed by atoms with Crippen LogP contribution in [0.25, 0.3) is 16.9 Å². The van der Waals surface area contributed by atoms with Gasteiger partial charge in [-0.15, -0.1) is 0 Å². The Morgan fingerprint density at radius 1 is 1.14 bits per heavy atom. The van der Waals surface area contributed by atoms with E-state index in [0.29, 0.717) is 0 Å². The third-order valence-electron chi connectivity index (χ3n) is 4.01. The number of nitrogens with one attached hydrogen (secondary N) is 1. The third kappa shape index (κ3) is 2.08. The molecule has 3 nitrogen and oxygen atoms in total. The number of aromatic nitrogens is 2. The Bertz CT molecular complexity index is 834. The molecule has 3 aromatic rings. The Labute approximate surface area is 128 Å². The van der Waals surface area contributed by atoms with Crippen LogP contribution in [0, 0.1) is 12.7 Å². The first-order valence-corrected chi connectivity index (χ1v) is 7.41. The fraction of sp³-hybridized carbons (Fsp3) is 0.167.